The molecule has 0 aliphatic heterocycles. The third kappa shape index (κ3) is 1.75. The quantitative estimate of drug-likeness (QED) is 0.732. The van der Waals surface area contributed by atoms with E-state index in [1.165, 1.54) is 0 Å². The van der Waals surface area contributed by atoms with E-state index in [4.69, 9.17) is 5.73 Å². The highest BCUT2D eigenvalue weighted by molar-refractivity contribution is 5.36. The Morgan fingerprint density at radius 2 is 2.14 bits per heavy atom. The normalized spacial score (nSPS) is 10.9. The lowest BCUT2D eigenvalue weighted by molar-refractivity contribution is 0.710. The van der Waals surface area contributed by atoms with Gasteiger partial charge in [-0.15, -0.1) is 10.2 Å². The van der Waals surface area contributed by atoms with Crippen molar-refractivity contribution in [2.45, 2.75) is 19.3 Å². The largest absolute Gasteiger partial charge is 0.330 e. The Morgan fingerprint density at radius 1 is 1.21 bits per heavy atom. The van der Waals surface area contributed by atoms with E-state index >= 15 is 0 Å². The van der Waals surface area contributed by atoms with E-state index in [0.717, 1.165) is 37.3 Å². The summed E-state index contributed by atoms with van der Waals surface area (Å²) in [5, 5.41) is 8.22. The first-order valence-corrected chi connectivity index (χ1v) is 4.90. The summed E-state index contributed by atoms with van der Waals surface area (Å²) in [4.78, 5) is 0. The molecule has 2 aromatic rings. The van der Waals surface area contributed by atoms with E-state index in [2.05, 4.69) is 10.2 Å². The van der Waals surface area contributed by atoms with Crippen molar-refractivity contribution >= 4 is 5.65 Å². The van der Waals surface area contributed by atoms with Gasteiger partial charge in [0.15, 0.2) is 5.65 Å². The molecule has 0 aromatic carbocycles. The van der Waals surface area contributed by atoms with Crippen molar-refractivity contribution in [2.24, 2.45) is 5.73 Å². The molecule has 0 atom stereocenters. The molecule has 0 aliphatic carbocycles. The fourth-order valence-corrected chi connectivity index (χ4v) is 1.49. The van der Waals surface area contributed by atoms with Crippen LogP contribution >= 0.6 is 0 Å². The number of rotatable bonds is 4. The second-order valence-electron chi connectivity index (χ2n) is 3.29. The lowest BCUT2D eigenvalue weighted by atomic mass is 10.2. The van der Waals surface area contributed by atoms with E-state index in [1.807, 2.05) is 28.8 Å². The zero-order chi connectivity index (χ0) is 9.80. The Kier molecular flexibility index (Phi) is 2.74. The maximum Gasteiger partial charge on any atom is 0.160 e. The second kappa shape index (κ2) is 4.19. The molecule has 14 heavy (non-hydrogen) atoms. The zero-order valence-electron chi connectivity index (χ0n) is 8.06. The minimum Gasteiger partial charge on any atom is -0.330 e. The predicted molar refractivity (Wildman–Crippen MR) is 55.0 cm³/mol. The molecule has 0 bridgehead atoms. The van der Waals surface area contributed by atoms with Gasteiger partial charge in [0.05, 0.1) is 0 Å². The van der Waals surface area contributed by atoms with Crippen LogP contribution in [0, 0.1) is 0 Å². The van der Waals surface area contributed by atoms with Crippen LogP contribution in [0.3, 0.4) is 0 Å². The summed E-state index contributed by atoms with van der Waals surface area (Å²) in [6.07, 6.45) is 5.06. The third-order valence-corrected chi connectivity index (χ3v) is 2.24. The van der Waals surface area contributed by atoms with E-state index in [1.54, 1.807) is 0 Å². The molecule has 2 N–H and O–H groups in total. The summed E-state index contributed by atoms with van der Waals surface area (Å²) in [5.41, 5.74) is 6.35. The number of aromatic nitrogens is 3. The van der Waals surface area contributed by atoms with Crippen molar-refractivity contribution in [3.63, 3.8) is 0 Å². The summed E-state index contributed by atoms with van der Waals surface area (Å²) >= 11 is 0. The minimum absolute atomic E-state index is 0.747. The molecule has 0 radical (unpaired) electrons. The minimum atomic E-state index is 0.747. The molecule has 0 fully saturated rings. The lowest BCUT2D eigenvalue weighted by Gasteiger charge is -1.98. The fraction of sp³-hybridized carbons (Fsp3) is 0.400. The van der Waals surface area contributed by atoms with Crippen LogP contribution in [0.5, 0.6) is 0 Å². The molecule has 0 unspecified atom stereocenters. The Balaban J connectivity index is 2.17. The van der Waals surface area contributed by atoms with Gasteiger partial charge in [-0.1, -0.05) is 6.07 Å². The summed E-state index contributed by atoms with van der Waals surface area (Å²) < 4.78 is 2.02. The molecule has 0 aliphatic rings. The molecule has 2 rings (SSSR count). The first-order valence-electron chi connectivity index (χ1n) is 4.90. The van der Waals surface area contributed by atoms with Gasteiger partial charge in [0.25, 0.3) is 0 Å². The first kappa shape index (κ1) is 9.15. The molecule has 0 amide bonds. The third-order valence-electron chi connectivity index (χ3n) is 2.24. The van der Waals surface area contributed by atoms with Crippen LogP contribution < -0.4 is 5.73 Å². The maximum atomic E-state index is 5.44. The maximum absolute atomic E-state index is 5.44. The van der Waals surface area contributed by atoms with Gasteiger partial charge in [-0.3, -0.25) is 4.40 Å². The van der Waals surface area contributed by atoms with Gasteiger partial charge in [-0.25, -0.2) is 0 Å². The van der Waals surface area contributed by atoms with Gasteiger partial charge in [-0.2, -0.15) is 0 Å². The molecule has 4 heteroatoms. The monoisotopic (exact) mass is 190 g/mol. The van der Waals surface area contributed by atoms with E-state index in [9.17, 15) is 0 Å². The molecule has 0 saturated carbocycles. The van der Waals surface area contributed by atoms with Crippen LogP contribution in [0.25, 0.3) is 5.65 Å². The number of hydrogen-bond acceptors (Lipinski definition) is 3. The second-order valence-corrected chi connectivity index (χ2v) is 3.29. The number of pyridine rings is 1. The first-order chi connectivity index (χ1) is 6.92. The molecule has 0 saturated heterocycles. The fourth-order valence-electron chi connectivity index (χ4n) is 1.49. The number of nitrogens with zero attached hydrogens (tertiary/aromatic N) is 3. The Hall–Kier alpha value is -1.42. The highest BCUT2D eigenvalue weighted by atomic mass is 15.2. The van der Waals surface area contributed by atoms with Crippen molar-refractivity contribution in [2.75, 3.05) is 6.54 Å². The lowest BCUT2D eigenvalue weighted by Crippen LogP contribution is -2.01. The van der Waals surface area contributed by atoms with Crippen LogP contribution in [-0.4, -0.2) is 21.1 Å². The highest BCUT2D eigenvalue weighted by Gasteiger charge is 2.02. The van der Waals surface area contributed by atoms with Crippen LogP contribution in [0.15, 0.2) is 24.4 Å². The standard InChI is InChI=1S/C10H14N4/c11-7-3-1-5-9-12-13-10-6-2-4-8-14(9)10/h2,4,6,8H,1,3,5,7,11H2. The highest BCUT2D eigenvalue weighted by Crippen LogP contribution is 2.05. The summed E-state index contributed by atoms with van der Waals surface area (Å²) in [7, 11) is 0. The number of nitrogens with two attached hydrogens (primary N) is 1. The average Bonchev–Trinajstić information content (AvgIpc) is 2.63. The molecule has 74 valence electrons. The van der Waals surface area contributed by atoms with E-state index < -0.39 is 0 Å². The zero-order valence-corrected chi connectivity index (χ0v) is 8.06. The van der Waals surface area contributed by atoms with Crippen LogP contribution in [0.2, 0.25) is 0 Å². The van der Waals surface area contributed by atoms with Crippen molar-refractivity contribution in [1.82, 2.24) is 14.6 Å². The molecule has 2 heterocycles. The molecule has 2 aromatic heterocycles. The summed E-state index contributed by atoms with van der Waals surface area (Å²) in [6.45, 7) is 0.747. The number of aryl methyl sites for hydroxylation is 1. The number of fused-ring (bicyclic) bond motifs is 1. The predicted octanol–water partition coefficient (Wildman–Crippen LogP) is 1.01. The van der Waals surface area contributed by atoms with Gasteiger partial charge >= 0.3 is 0 Å². The number of unbranched alkanes of at least 4 members (excludes halogenated alkanes) is 1. The Bertz CT molecular complexity index is 407. The Labute approximate surface area is 82.8 Å². The van der Waals surface area contributed by atoms with Crippen molar-refractivity contribution < 1.29 is 0 Å². The SMILES string of the molecule is NCCCCc1nnc2ccccn12. The van der Waals surface area contributed by atoms with Crippen LogP contribution in [0.4, 0.5) is 0 Å². The van der Waals surface area contributed by atoms with Gasteiger partial charge in [0.1, 0.15) is 5.82 Å². The van der Waals surface area contributed by atoms with Gasteiger partial charge < -0.3 is 5.73 Å². The van der Waals surface area contributed by atoms with Crippen molar-refractivity contribution in [3.8, 4) is 0 Å². The van der Waals surface area contributed by atoms with Crippen molar-refractivity contribution in [1.29, 1.82) is 0 Å². The molecular weight excluding hydrogens is 176 g/mol. The van der Waals surface area contributed by atoms with Gasteiger partial charge in [0, 0.05) is 12.6 Å². The van der Waals surface area contributed by atoms with Crippen molar-refractivity contribution in [3.05, 3.63) is 30.2 Å². The molecular formula is C10H14N4. The van der Waals surface area contributed by atoms with Gasteiger partial charge in [0.2, 0.25) is 0 Å². The van der Waals surface area contributed by atoms with E-state index in [-0.39, 0.29) is 0 Å². The van der Waals surface area contributed by atoms with E-state index in [0.29, 0.717) is 0 Å². The molecule has 0 spiro atoms. The molecule has 4 nitrogen and oxygen atoms in total. The summed E-state index contributed by atoms with van der Waals surface area (Å²) in [6, 6.07) is 5.91. The van der Waals surface area contributed by atoms with Gasteiger partial charge in [-0.05, 0) is 31.5 Å². The summed E-state index contributed by atoms with van der Waals surface area (Å²) in [5.74, 6) is 1.02. The topological polar surface area (TPSA) is 56.2 Å². The average molecular weight is 190 g/mol. The number of hydrogen-bond donors (Lipinski definition) is 1. The Morgan fingerprint density at radius 3 is 3.00 bits per heavy atom. The van der Waals surface area contributed by atoms with Crippen LogP contribution in [0.1, 0.15) is 18.7 Å². The smallest absolute Gasteiger partial charge is 0.160 e. The van der Waals surface area contributed by atoms with Crippen LogP contribution in [-0.2, 0) is 6.42 Å².